The van der Waals surface area contributed by atoms with Gasteiger partial charge < -0.3 is 5.32 Å². The van der Waals surface area contributed by atoms with E-state index in [1.165, 1.54) is 4.31 Å². The van der Waals surface area contributed by atoms with Gasteiger partial charge in [0.2, 0.25) is 0 Å². The molecular formula is C24H21ClN2O3S. The largest absolute Gasteiger partial charge is 0.321 e. The Morgan fingerprint density at radius 2 is 1.68 bits per heavy atom. The molecule has 0 radical (unpaired) electrons. The van der Waals surface area contributed by atoms with Crippen LogP contribution in [0.2, 0.25) is 5.02 Å². The van der Waals surface area contributed by atoms with Crippen molar-refractivity contribution in [2.75, 3.05) is 16.2 Å². The van der Waals surface area contributed by atoms with Crippen LogP contribution >= 0.6 is 11.6 Å². The zero-order valence-corrected chi connectivity index (χ0v) is 18.7. The van der Waals surface area contributed by atoms with Gasteiger partial charge >= 0.3 is 0 Å². The van der Waals surface area contributed by atoms with Crippen molar-refractivity contribution in [3.8, 4) is 0 Å². The summed E-state index contributed by atoms with van der Waals surface area (Å²) in [4.78, 5) is 13.2. The highest BCUT2D eigenvalue weighted by atomic mass is 35.5. The van der Waals surface area contributed by atoms with Gasteiger partial charge in [0.25, 0.3) is 15.9 Å². The number of benzene rings is 3. The maximum absolute atomic E-state index is 13.7. The van der Waals surface area contributed by atoms with Crippen LogP contribution in [0, 0.1) is 6.92 Å². The molecule has 1 amide bonds. The fourth-order valence-electron chi connectivity index (χ4n) is 3.77. The molecule has 0 unspecified atom stereocenters. The number of fused-ring (bicyclic) bond motifs is 1. The molecule has 1 heterocycles. The molecule has 1 N–H and O–H groups in total. The Morgan fingerprint density at radius 1 is 1.00 bits per heavy atom. The van der Waals surface area contributed by atoms with Crippen LogP contribution in [0.3, 0.4) is 0 Å². The first kappa shape index (κ1) is 21.2. The lowest BCUT2D eigenvalue weighted by atomic mass is 9.95. The Kier molecular flexibility index (Phi) is 5.60. The fraction of sp³-hybridized carbons (Fsp3) is 0.125. The van der Waals surface area contributed by atoms with Gasteiger partial charge in [0.15, 0.2) is 4.91 Å². The van der Waals surface area contributed by atoms with Crippen LogP contribution in [0.4, 0.5) is 11.4 Å². The van der Waals surface area contributed by atoms with E-state index in [4.69, 9.17) is 11.6 Å². The summed E-state index contributed by atoms with van der Waals surface area (Å²) >= 11 is 6.28. The smallest absolute Gasteiger partial charge is 0.270 e. The molecule has 0 aromatic heterocycles. The summed E-state index contributed by atoms with van der Waals surface area (Å²) in [6.07, 6.45) is 0. The number of sulfonamides is 1. The number of rotatable bonds is 4. The monoisotopic (exact) mass is 452 g/mol. The number of hydrogen-bond acceptors (Lipinski definition) is 3. The van der Waals surface area contributed by atoms with Gasteiger partial charge in [0.1, 0.15) is 0 Å². The second-order valence-corrected chi connectivity index (χ2v) is 9.41. The molecule has 5 nitrogen and oxygen atoms in total. The van der Waals surface area contributed by atoms with Crippen LogP contribution in [-0.4, -0.2) is 20.9 Å². The minimum absolute atomic E-state index is 0.181. The van der Waals surface area contributed by atoms with E-state index in [9.17, 15) is 13.2 Å². The molecule has 0 aliphatic carbocycles. The van der Waals surface area contributed by atoms with E-state index in [-0.39, 0.29) is 11.4 Å². The van der Waals surface area contributed by atoms with Crippen LogP contribution in [0.5, 0.6) is 0 Å². The molecule has 1 aliphatic rings. The number of nitrogens with one attached hydrogen (secondary N) is 1. The first-order chi connectivity index (χ1) is 14.8. The van der Waals surface area contributed by atoms with Crippen LogP contribution in [0.15, 0.2) is 77.7 Å². The van der Waals surface area contributed by atoms with E-state index in [2.05, 4.69) is 5.32 Å². The number of para-hydroxylation sites is 1. The lowest BCUT2D eigenvalue weighted by Gasteiger charge is -2.33. The third-order valence-electron chi connectivity index (χ3n) is 5.22. The van der Waals surface area contributed by atoms with Crippen molar-refractivity contribution in [3.63, 3.8) is 0 Å². The van der Waals surface area contributed by atoms with Gasteiger partial charge in [-0.2, -0.15) is 0 Å². The van der Waals surface area contributed by atoms with E-state index in [0.29, 0.717) is 33.1 Å². The SMILES string of the molecule is CCN1c2ccc(Cl)cc2C(c2ccccc2)=C(C(=O)Nc2ccccc2C)S1(=O)=O. The molecule has 4 rings (SSSR count). The summed E-state index contributed by atoms with van der Waals surface area (Å²) in [5.74, 6) is -0.683. The number of hydrogen-bond donors (Lipinski definition) is 1. The number of nitrogens with zero attached hydrogens (tertiary/aromatic N) is 1. The number of anilines is 2. The summed E-state index contributed by atoms with van der Waals surface area (Å²) in [6, 6.07) is 21.3. The lowest BCUT2D eigenvalue weighted by molar-refractivity contribution is -0.112. The van der Waals surface area contributed by atoms with E-state index in [1.54, 1.807) is 49.4 Å². The Labute approximate surface area is 187 Å². The number of carbonyl (C=O) groups excluding carboxylic acids is 1. The van der Waals surface area contributed by atoms with Crippen molar-refractivity contribution >= 4 is 44.5 Å². The predicted octanol–water partition coefficient (Wildman–Crippen LogP) is 5.22. The lowest BCUT2D eigenvalue weighted by Crippen LogP contribution is -2.39. The molecule has 158 valence electrons. The second kappa shape index (κ2) is 8.21. The van der Waals surface area contributed by atoms with Gasteiger partial charge in [-0.3, -0.25) is 9.10 Å². The topological polar surface area (TPSA) is 66.5 Å². The van der Waals surface area contributed by atoms with Crippen LogP contribution in [0.25, 0.3) is 5.57 Å². The van der Waals surface area contributed by atoms with Gasteiger partial charge in [-0.1, -0.05) is 60.1 Å². The average molecular weight is 453 g/mol. The zero-order chi connectivity index (χ0) is 22.2. The second-order valence-electron chi connectivity index (χ2n) is 7.17. The molecule has 0 saturated heterocycles. The number of carbonyl (C=O) groups is 1. The summed E-state index contributed by atoms with van der Waals surface area (Å²) in [5, 5.41) is 3.25. The quantitative estimate of drug-likeness (QED) is 0.590. The Hall–Kier alpha value is -3.09. The van der Waals surface area contributed by atoms with Gasteiger partial charge in [-0.15, -0.1) is 0 Å². The highest BCUT2D eigenvalue weighted by Gasteiger charge is 2.40. The highest BCUT2D eigenvalue weighted by Crippen LogP contribution is 2.44. The molecule has 0 fully saturated rings. The van der Waals surface area contributed by atoms with Gasteiger partial charge in [0, 0.05) is 28.4 Å². The van der Waals surface area contributed by atoms with Crippen LogP contribution in [-0.2, 0) is 14.8 Å². The number of halogens is 1. The maximum Gasteiger partial charge on any atom is 0.270 e. The molecule has 3 aromatic rings. The van der Waals surface area contributed by atoms with Crippen molar-refractivity contribution in [2.45, 2.75) is 13.8 Å². The molecule has 0 atom stereocenters. The molecule has 3 aromatic carbocycles. The molecule has 7 heteroatoms. The average Bonchev–Trinajstić information content (AvgIpc) is 2.75. The highest BCUT2D eigenvalue weighted by molar-refractivity contribution is 7.97. The van der Waals surface area contributed by atoms with Gasteiger partial charge in [-0.25, -0.2) is 8.42 Å². The maximum atomic E-state index is 13.7. The fourth-order valence-corrected chi connectivity index (χ4v) is 5.69. The Balaban J connectivity index is 2.02. The zero-order valence-electron chi connectivity index (χ0n) is 17.1. The van der Waals surface area contributed by atoms with Crippen LogP contribution in [0.1, 0.15) is 23.6 Å². The Morgan fingerprint density at radius 3 is 2.35 bits per heavy atom. The first-order valence-electron chi connectivity index (χ1n) is 9.84. The molecule has 0 spiro atoms. The molecule has 0 saturated carbocycles. The number of amides is 1. The van der Waals surface area contributed by atoms with Gasteiger partial charge in [0.05, 0.1) is 5.69 Å². The minimum Gasteiger partial charge on any atom is -0.321 e. The van der Waals surface area contributed by atoms with Crippen molar-refractivity contribution in [1.29, 1.82) is 0 Å². The normalized spacial score (nSPS) is 14.9. The van der Waals surface area contributed by atoms with Crippen LogP contribution < -0.4 is 9.62 Å². The van der Waals surface area contributed by atoms with Crippen molar-refractivity contribution in [2.24, 2.45) is 0 Å². The molecular weight excluding hydrogens is 432 g/mol. The van der Waals surface area contributed by atoms with E-state index in [0.717, 1.165) is 5.56 Å². The van der Waals surface area contributed by atoms with Crippen molar-refractivity contribution in [1.82, 2.24) is 0 Å². The van der Waals surface area contributed by atoms with E-state index >= 15 is 0 Å². The summed E-state index contributed by atoms with van der Waals surface area (Å²) < 4.78 is 28.6. The van der Waals surface area contributed by atoms with E-state index in [1.807, 2.05) is 37.3 Å². The third-order valence-corrected chi connectivity index (χ3v) is 7.40. The third kappa shape index (κ3) is 3.73. The van der Waals surface area contributed by atoms with Crippen molar-refractivity contribution < 1.29 is 13.2 Å². The number of aryl methyl sites for hydroxylation is 1. The Bertz CT molecular complexity index is 1300. The van der Waals surface area contributed by atoms with Gasteiger partial charge in [-0.05, 0) is 49.2 Å². The first-order valence-corrected chi connectivity index (χ1v) is 11.7. The summed E-state index contributed by atoms with van der Waals surface area (Å²) in [6.45, 7) is 3.77. The minimum atomic E-state index is -4.11. The van der Waals surface area contributed by atoms with Crippen molar-refractivity contribution in [3.05, 3.63) is 99.4 Å². The molecule has 31 heavy (non-hydrogen) atoms. The molecule has 1 aliphatic heterocycles. The summed E-state index contributed by atoms with van der Waals surface area (Å²) in [5.41, 5.74) is 3.46. The summed E-state index contributed by atoms with van der Waals surface area (Å²) in [7, 11) is -4.11. The predicted molar refractivity (Wildman–Crippen MR) is 126 cm³/mol. The van der Waals surface area contributed by atoms with E-state index < -0.39 is 15.9 Å². The molecule has 0 bridgehead atoms. The standard InChI is InChI=1S/C24H21ClN2O3S/c1-3-27-21-14-13-18(25)15-19(21)22(17-10-5-4-6-11-17)23(31(27,29)30)24(28)26-20-12-8-7-9-16(20)2/h4-15H,3H2,1-2H3,(H,26,28).